The van der Waals surface area contributed by atoms with Crippen LogP contribution in [0.3, 0.4) is 0 Å². The first-order valence-electron chi connectivity index (χ1n) is 5.66. The SMILES string of the molecule is COc1ccc(C(=O)O)cc1NC(=O)C1CSC(=O)N1. The van der Waals surface area contributed by atoms with E-state index in [1.54, 1.807) is 0 Å². The Morgan fingerprint density at radius 2 is 2.25 bits per heavy atom. The standard InChI is InChI=1S/C12H12N2O5S/c1-19-9-3-2-6(11(16)17)4-7(9)13-10(15)8-5-20-12(18)14-8/h2-4,8H,5H2,1H3,(H,13,15)(H,14,18)(H,16,17). The highest BCUT2D eigenvalue weighted by molar-refractivity contribution is 8.14. The van der Waals surface area contributed by atoms with Crippen LogP contribution in [0, 0.1) is 0 Å². The van der Waals surface area contributed by atoms with Gasteiger partial charge in [-0.3, -0.25) is 9.59 Å². The number of anilines is 1. The summed E-state index contributed by atoms with van der Waals surface area (Å²) in [6.45, 7) is 0. The molecular weight excluding hydrogens is 284 g/mol. The predicted octanol–water partition coefficient (Wildman–Crippen LogP) is 1.16. The number of hydrogen-bond donors (Lipinski definition) is 3. The van der Waals surface area contributed by atoms with Crippen LogP contribution in [0.2, 0.25) is 0 Å². The van der Waals surface area contributed by atoms with Gasteiger partial charge in [-0.05, 0) is 18.2 Å². The summed E-state index contributed by atoms with van der Waals surface area (Å²) in [5.74, 6) is -0.830. The summed E-state index contributed by atoms with van der Waals surface area (Å²) in [5, 5.41) is 13.8. The summed E-state index contributed by atoms with van der Waals surface area (Å²) < 4.78 is 5.06. The van der Waals surface area contributed by atoms with E-state index in [-0.39, 0.29) is 16.5 Å². The molecule has 0 bridgehead atoms. The zero-order valence-corrected chi connectivity index (χ0v) is 11.3. The maximum atomic E-state index is 12.0. The van der Waals surface area contributed by atoms with Gasteiger partial charge in [0.15, 0.2) is 0 Å². The molecule has 0 aliphatic carbocycles. The fourth-order valence-corrected chi connectivity index (χ4v) is 2.46. The van der Waals surface area contributed by atoms with Crippen LogP contribution in [0.15, 0.2) is 18.2 Å². The first-order valence-corrected chi connectivity index (χ1v) is 6.65. The summed E-state index contributed by atoms with van der Waals surface area (Å²) in [7, 11) is 1.42. The van der Waals surface area contributed by atoms with Gasteiger partial charge < -0.3 is 20.5 Å². The molecule has 1 aromatic rings. The van der Waals surface area contributed by atoms with Gasteiger partial charge in [0.05, 0.1) is 18.4 Å². The van der Waals surface area contributed by atoms with Crippen molar-refractivity contribution in [2.45, 2.75) is 6.04 Å². The molecule has 8 heteroatoms. The number of carbonyl (C=O) groups excluding carboxylic acids is 2. The quantitative estimate of drug-likeness (QED) is 0.770. The lowest BCUT2D eigenvalue weighted by atomic mass is 10.1. The van der Waals surface area contributed by atoms with Crippen LogP contribution in [0.1, 0.15) is 10.4 Å². The molecule has 1 heterocycles. The van der Waals surface area contributed by atoms with Gasteiger partial charge in [-0.1, -0.05) is 11.8 Å². The van der Waals surface area contributed by atoms with Crippen molar-refractivity contribution >= 4 is 34.6 Å². The molecule has 0 saturated carbocycles. The summed E-state index contributed by atoms with van der Waals surface area (Å²) in [5.41, 5.74) is 0.287. The van der Waals surface area contributed by atoms with Crippen molar-refractivity contribution in [1.82, 2.24) is 5.32 Å². The molecule has 1 atom stereocenters. The van der Waals surface area contributed by atoms with E-state index in [0.717, 1.165) is 11.8 Å². The third kappa shape index (κ3) is 3.02. The molecule has 106 valence electrons. The number of methoxy groups -OCH3 is 1. The van der Waals surface area contributed by atoms with Crippen LogP contribution in [0.4, 0.5) is 10.5 Å². The van der Waals surface area contributed by atoms with Crippen molar-refractivity contribution in [2.75, 3.05) is 18.2 Å². The first kappa shape index (κ1) is 14.2. The van der Waals surface area contributed by atoms with Gasteiger partial charge in [-0.25, -0.2) is 4.79 Å². The maximum absolute atomic E-state index is 12.0. The fraction of sp³-hybridized carbons (Fsp3) is 0.250. The lowest BCUT2D eigenvalue weighted by Crippen LogP contribution is -2.38. The van der Waals surface area contributed by atoms with E-state index in [4.69, 9.17) is 9.84 Å². The van der Waals surface area contributed by atoms with Gasteiger partial charge in [-0.15, -0.1) is 0 Å². The topological polar surface area (TPSA) is 105 Å². The van der Waals surface area contributed by atoms with Crippen LogP contribution in [-0.4, -0.2) is 41.1 Å². The van der Waals surface area contributed by atoms with Crippen LogP contribution < -0.4 is 15.4 Å². The Kier molecular flexibility index (Phi) is 4.14. The van der Waals surface area contributed by atoms with Gasteiger partial charge in [0.2, 0.25) is 5.91 Å². The molecule has 0 spiro atoms. The van der Waals surface area contributed by atoms with E-state index in [2.05, 4.69) is 10.6 Å². The molecule has 1 saturated heterocycles. The highest BCUT2D eigenvalue weighted by Gasteiger charge is 2.28. The lowest BCUT2D eigenvalue weighted by molar-refractivity contribution is -0.117. The first-order chi connectivity index (χ1) is 9.51. The number of thioether (sulfide) groups is 1. The minimum Gasteiger partial charge on any atom is -0.495 e. The second-order valence-corrected chi connectivity index (χ2v) is 5.00. The predicted molar refractivity (Wildman–Crippen MR) is 73.4 cm³/mol. The van der Waals surface area contributed by atoms with Crippen molar-refractivity contribution in [2.24, 2.45) is 0 Å². The van der Waals surface area contributed by atoms with E-state index < -0.39 is 17.9 Å². The van der Waals surface area contributed by atoms with E-state index in [9.17, 15) is 14.4 Å². The van der Waals surface area contributed by atoms with Gasteiger partial charge in [-0.2, -0.15) is 0 Å². The number of amides is 2. The molecular formula is C12H12N2O5S. The second kappa shape index (κ2) is 5.83. The Bertz CT molecular complexity index is 575. The van der Waals surface area contributed by atoms with Crippen LogP contribution in [0.25, 0.3) is 0 Å². The summed E-state index contributed by atoms with van der Waals surface area (Å²) in [4.78, 5) is 33.9. The minimum absolute atomic E-state index is 0.0333. The van der Waals surface area contributed by atoms with Crippen molar-refractivity contribution in [3.05, 3.63) is 23.8 Å². The average molecular weight is 296 g/mol. The molecule has 3 N–H and O–H groups in total. The highest BCUT2D eigenvalue weighted by atomic mass is 32.2. The van der Waals surface area contributed by atoms with E-state index >= 15 is 0 Å². The second-order valence-electron chi connectivity index (χ2n) is 4.00. The number of carbonyl (C=O) groups is 3. The number of ether oxygens (including phenoxy) is 1. The molecule has 2 rings (SSSR count). The normalized spacial score (nSPS) is 17.4. The number of nitrogens with one attached hydrogen (secondary N) is 2. The van der Waals surface area contributed by atoms with E-state index in [0.29, 0.717) is 11.5 Å². The number of benzene rings is 1. The summed E-state index contributed by atoms with van der Waals surface area (Å²) in [6, 6.07) is 3.51. The molecule has 0 radical (unpaired) electrons. The van der Waals surface area contributed by atoms with Gasteiger partial charge in [0.1, 0.15) is 11.8 Å². The monoisotopic (exact) mass is 296 g/mol. The van der Waals surface area contributed by atoms with Crippen LogP contribution >= 0.6 is 11.8 Å². The van der Waals surface area contributed by atoms with Crippen molar-refractivity contribution in [3.63, 3.8) is 0 Å². The lowest BCUT2D eigenvalue weighted by Gasteiger charge is -2.13. The molecule has 1 aliphatic rings. The fourth-order valence-electron chi connectivity index (χ4n) is 1.68. The molecule has 1 aliphatic heterocycles. The minimum atomic E-state index is -1.10. The Labute approximate surface area is 118 Å². The number of hydrogen-bond acceptors (Lipinski definition) is 5. The number of rotatable bonds is 4. The van der Waals surface area contributed by atoms with Gasteiger partial charge in [0.25, 0.3) is 5.24 Å². The number of carboxylic acids is 1. The smallest absolute Gasteiger partial charge is 0.335 e. The number of carboxylic acid groups (broad SMARTS) is 1. The zero-order valence-electron chi connectivity index (χ0n) is 10.5. The summed E-state index contributed by atoms with van der Waals surface area (Å²) >= 11 is 1.03. The Morgan fingerprint density at radius 3 is 2.80 bits per heavy atom. The molecule has 1 unspecified atom stereocenters. The molecule has 7 nitrogen and oxygen atoms in total. The average Bonchev–Trinajstić information content (AvgIpc) is 2.85. The van der Waals surface area contributed by atoms with E-state index in [1.165, 1.54) is 25.3 Å². The molecule has 2 amide bonds. The van der Waals surface area contributed by atoms with Crippen LogP contribution in [0.5, 0.6) is 5.75 Å². The third-order valence-electron chi connectivity index (χ3n) is 2.69. The Hall–Kier alpha value is -2.22. The number of aromatic carboxylic acids is 1. The maximum Gasteiger partial charge on any atom is 0.335 e. The summed E-state index contributed by atoms with van der Waals surface area (Å²) in [6.07, 6.45) is 0. The largest absolute Gasteiger partial charge is 0.495 e. The highest BCUT2D eigenvalue weighted by Crippen LogP contribution is 2.26. The molecule has 1 fully saturated rings. The molecule has 1 aromatic carbocycles. The van der Waals surface area contributed by atoms with Gasteiger partial charge >= 0.3 is 5.97 Å². The molecule has 20 heavy (non-hydrogen) atoms. The zero-order chi connectivity index (χ0) is 14.7. The third-order valence-corrected chi connectivity index (χ3v) is 3.57. The van der Waals surface area contributed by atoms with Crippen molar-refractivity contribution in [1.29, 1.82) is 0 Å². The van der Waals surface area contributed by atoms with Crippen molar-refractivity contribution in [3.8, 4) is 5.75 Å². The molecule has 0 aromatic heterocycles. The van der Waals surface area contributed by atoms with E-state index in [1.807, 2.05) is 0 Å². The van der Waals surface area contributed by atoms with Crippen LogP contribution in [-0.2, 0) is 4.79 Å². The van der Waals surface area contributed by atoms with Gasteiger partial charge in [0, 0.05) is 5.75 Å². The van der Waals surface area contributed by atoms with Crippen molar-refractivity contribution < 1.29 is 24.2 Å². The Morgan fingerprint density at radius 1 is 1.50 bits per heavy atom. The Balaban J connectivity index is 2.18.